The van der Waals surface area contributed by atoms with Crippen LogP contribution in [0.3, 0.4) is 0 Å². The second kappa shape index (κ2) is 4.88. The van der Waals surface area contributed by atoms with Gasteiger partial charge >= 0.3 is 6.16 Å². The third-order valence-corrected chi connectivity index (χ3v) is 3.41. The van der Waals surface area contributed by atoms with E-state index in [9.17, 15) is 9.59 Å². The molecule has 0 spiro atoms. The molecule has 18 heavy (non-hydrogen) atoms. The predicted octanol–water partition coefficient (Wildman–Crippen LogP) is 2.30. The summed E-state index contributed by atoms with van der Waals surface area (Å²) < 4.78 is 5.12. The summed E-state index contributed by atoms with van der Waals surface area (Å²) in [7, 11) is 0. The molecule has 2 aliphatic rings. The molecule has 2 atom stereocenters. The largest absolute Gasteiger partial charge is 0.528 e. The van der Waals surface area contributed by atoms with Crippen LogP contribution in [0.15, 0.2) is 0 Å². The molecular formula is C13H21NO4. The summed E-state index contributed by atoms with van der Waals surface area (Å²) >= 11 is 0. The van der Waals surface area contributed by atoms with Crippen molar-refractivity contribution >= 4 is 11.9 Å². The summed E-state index contributed by atoms with van der Waals surface area (Å²) in [5.74, 6) is 0.350. The van der Waals surface area contributed by atoms with Crippen molar-refractivity contribution in [1.82, 2.24) is 5.06 Å². The van der Waals surface area contributed by atoms with Crippen LogP contribution in [0.5, 0.6) is 0 Å². The van der Waals surface area contributed by atoms with Gasteiger partial charge in [0.15, 0.2) is 0 Å². The van der Waals surface area contributed by atoms with Gasteiger partial charge in [0, 0.05) is 18.9 Å². The molecule has 0 bridgehead atoms. The van der Waals surface area contributed by atoms with E-state index in [1.807, 2.05) is 0 Å². The molecule has 5 heteroatoms. The molecule has 0 radical (unpaired) electrons. The van der Waals surface area contributed by atoms with Crippen molar-refractivity contribution in [1.29, 1.82) is 0 Å². The number of hydrogen-bond acceptors (Lipinski definition) is 5. The van der Waals surface area contributed by atoms with Gasteiger partial charge in [-0.05, 0) is 40.0 Å². The lowest BCUT2D eigenvalue weighted by Gasteiger charge is -2.29. The fourth-order valence-corrected chi connectivity index (χ4v) is 2.69. The standard InChI is InChI=1S/C13H21NO4/c1-13(2,3)17-12(16)18-14-8-7-9-10(14)5-4-6-11(9)15/h9-10H,4-8H2,1-3H3. The number of ether oxygens (including phenoxy) is 1. The Morgan fingerprint density at radius 2 is 2.06 bits per heavy atom. The summed E-state index contributed by atoms with van der Waals surface area (Å²) in [4.78, 5) is 28.6. The highest BCUT2D eigenvalue weighted by Crippen LogP contribution is 2.34. The fourth-order valence-electron chi connectivity index (χ4n) is 2.69. The van der Waals surface area contributed by atoms with Crippen LogP contribution in [0, 0.1) is 5.92 Å². The monoisotopic (exact) mass is 255 g/mol. The van der Waals surface area contributed by atoms with Crippen LogP contribution in [0.25, 0.3) is 0 Å². The lowest BCUT2D eigenvalue weighted by molar-refractivity contribution is -0.161. The Hall–Kier alpha value is -1.10. The summed E-state index contributed by atoms with van der Waals surface area (Å²) in [6.45, 7) is 6.02. The van der Waals surface area contributed by atoms with Crippen LogP contribution < -0.4 is 0 Å². The molecule has 2 unspecified atom stereocenters. The number of hydroxylamine groups is 2. The molecule has 1 saturated heterocycles. The summed E-state index contributed by atoms with van der Waals surface area (Å²) in [5.41, 5.74) is -0.557. The Kier molecular flexibility index (Phi) is 3.61. The second-order valence-electron chi connectivity index (χ2n) is 6.02. The van der Waals surface area contributed by atoms with E-state index >= 15 is 0 Å². The minimum atomic E-state index is -0.679. The van der Waals surface area contributed by atoms with Crippen molar-refractivity contribution < 1.29 is 19.2 Å². The zero-order chi connectivity index (χ0) is 13.3. The van der Waals surface area contributed by atoms with Crippen LogP contribution in [-0.4, -0.2) is 35.2 Å². The molecule has 102 valence electrons. The molecule has 0 amide bonds. The first-order valence-corrected chi connectivity index (χ1v) is 6.57. The van der Waals surface area contributed by atoms with Crippen LogP contribution in [0.2, 0.25) is 0 Å². The molecule has 0 aromatic heterocycles. The topological polar surface area (TPSA) is 55.8 Å². The van der Waals surface area contributed by atoms with Crippen LogP contribution in [0.1, 0.15) is 46.5 Å². The van der Waals surface area contributed by atoms with Crippen LogP contribution in [0.4, 0.5) is 4.79 Å². The quantitative estimate of drug-likeness (QED) is 0.673. The molecule has 2 fully saturated rings. The number of ketones is 1. The number of rotatable bonds is 1. The van der Waals surface area contributed by atoms with E-state index in [0.717, 1.165) is 19.3 Å². The molecule has 5 nitrogen and oxygen atoms in total. The van der Waals surface area contributed by atoms with Gasteiger partial charge in [-0.15, -0.1) is 5.06 Å². The summed E-state index contributed by atoms with van der Waals surface area (Å²) in [5, 5.41) is 1.63. The Balaban J connectivity index is 1.91. The van der Waals surface area contributed by atoms with Gasteiger partial charge < -0.3 is 9.57 Å². The molecule has 1 aliphatic heterocycles. The zero-order valence-electron chi connectivity index (χ0n) is 11.3. The Morgan fingerprint density at radius 3 is 2.72 bits per heavy atom. The first-order chi connectivity index (χ1) is 8.37. The van der Waals surface area contributed by atoms with E-state index in [1.54, 1.807) is 25.8 Å². The maximum Gasteiger partial charge on any atom is 0.528 e. The molecule has 0 aromatic carbocycles. The lowest BCUT2D eigenvalue weighted by atomic mass is 9.84. The maximum absolute atomic E-state index is 11.7. The highest BCUT2D eigenvalue weighted by molar-refractivity contribution is 5.82. The van der Waals surface area contributed by atoms with E-state index in [0.29, 0.717) is 18.7 Å². The third-order valence-electron chi connectivity index (χ3n) is 3.41. The van der Waals surface area contributed by atoms with Crippen molar-refractivity contribution in [2.45, 2.75) is 58.1 Å². The van der Waals surface area contributed by atoms with Gasteiger partial charge in [-0.3, -0.25) is 4.79 Å². The summed E-state index contributed by atoms with van der Waals surface area (Å²) in [6.07, 6.45) is 2.57. The number of fused-ring (bicyclic) bond motifs is 1. The number of Topliss-reactive ketones (excluding diaryl/α,β-unsaturated/α-hetero) is 1. The van der Waals surface area contributed by atoms with Crippen molar-refractivity contribution in [2.24, 2.45) is 5.92 Å². The maximum atomic E-state index is 11.7. The van der Waals surface area contributed by atoms with Gasteiger partial charge in [0.25, 0.3) is 0 Å². The molecule has 0 N–H and O–H groups in total. The molecule has 1 saturated carbocycles. The van der Waals surface area contributed by atoms with Gasteiger partial charge in [0.2, 0.25) is 0 Å². The van der Waals surface area contributed by atoms with E-state index in [-0.39, 0.29) is 12.0 Å². The molecule has 1 heterocycles. The lowest BCUT2D eigenvalue weighted by Crippen LogP contribution is -2.40. The van der Waals surface area contributed by atoms with Crippen LogP contribution in [-0.2, 0) is 14.4 Å². The normalized spacial score (nSPS) is 28.9. The number of carbonyl (C=O) groups is 2. The fraction of sp³-hybridized carbons (Fsp3) is 0.846. The van der Waals surface area contributed by atoms with E-state index in [1.165, 1.54) is 0 Å². The van der Waals surface area contributed by atoms with Crippen molar-refractivity contribution in [3.8, 4) is 0 Å². The van der Waals surface area contributed by atoms with Gasteiger partial charge in [0.05, 0.1) is 6.04 Å². The van der Waals surface area contributed by atoms with Crippen molar-refractivity contribution in [2.75, 3.05) is 6.54 Å². The molecule has 2 rings (SSSR count). The third kappa shape index (κ3) is 3.02. The SMILES string of the molecule is CC(C)(C)OC(=O)ON1CCC2C(=O)CCCC21. The first-order valence-electron chi connectivity index (χ1n) is 6.57. The average Bonchev–Trinajstić information content (AvgIpc) is 2.60. The molecular weight excluding hydrogens is 234 g/mol. The predicted molar refractivity (Wildman–Crippen MR) is 64.8 cm³/mol. The Morgan fingerprint density at radius 1 is 1.33 bits per heavy atom. The van der Waals surface area contributed by atoms with Gasteiger partial charge in [-0.2, -0.15) is 0 Å². The first kappa shape index (κ1) is 13.3. The Labute approximate surface area is 107 Å². The average molecular weight is 255 g/mol. The summed E-state index contributed by atoms with van der Waals surface area (Å²) in [6, 6.07) is 0.0544. The second-order valence-corrected chi connectivity index (χ2v) is 6.02. The molecule has 0 aromatic rings. The van der Waals surface area contributed by atoms with Gasteiger partial charge in [-0.1, -0.05) is 0 Å². The minimum absolute atomic E-state index is 0.0428. The Bertz CT molecular complexity index is 347. The zero-order valence-corrected chi connectivity index (χ0v) is 11.3. The van der Waals surface area contributed by atoms with Gasteiger partial charge in [-0.25, -0.2) is 4.79 Å². The smallest absolute Gasteiger partial charge is 0.427 e. The highest BCUT2D eigenvalue weighted by Gasteiger charge is 2.43. The minimum Gasteiger partial charge on any atom is -0.427 e. The van der Waals surface area contributed by atoms with E-state index < -0.39 is 11.8 Å². The molecule has 1 aliphatic carbocycles. The highest BCUT2D eigenvalue weighted by atomic mass is 16.8. The van der Waals surface area contributed by atoms with Crippen molar-refractivity contribution in [3.05, 3.63) is 0 Å². The number of carbonyl (C=O) groups excluding carboxylic acids is 2. The van der Waals surface area contributed by atoms with Crippen molar-refractivity contribution in [3.63, 3.8) is 0 Å². The number of nitrogens with zero attached hydrogens (tertiary/aromatic N) is 1. The van der Waals surface area contributed by atoms with Gasteiger partial charge in [0.1, 0.15) is 11.4 Å². The van der Waals surface area contributed by atoms with E-state index in [2.05, 4.69) is 0 Å². The van der Waals surface area contributed by atoms with E-state index in [4.69, 9.17) is 9.57 Å². The van der Waals surface area contributed by atoms with Crippen LogP contribution >= 0.6 is 0 Å². The number of hydrogen-bond donors (Lipinski definition) is 0.